The Labute approximate surface area is 207 Å². The Kier molecular flexibility index (Phi) is 7.43. The molecule has 3 heteroatoms. The number of halogens is 1. The fourth-order valence-corrected chi connectivity index (χ4v) is 4.55. The Morgan fingerprint density at radius 3 is 1.79 bits per heavy atom. The molecule has 174 valence electrons. The van der Waals surface area contributed by atoms with Crippen LogP contribution < -0.4 is 4.74 Å². The highest BCUT2D eigenvalue weighted by Gasteiger charge is 2.28. The summed E-state index contributed by atoms with van der Waals surface area (Å²) in [6.07, 6.45) is 2.25. The molecule has 0 spiro atoms. The second-order valence-electron chi connectivity index (χ2n) is 10.6. The lowest BCUT2D eigenvalue weighted by Crippen LogP contribution is -2.18. The van der Waals surface area contributed by atoms with Crippen LogP contribution in [0.1, 0.15) is 75.3 Å². The van der Waals surface area contributed by atoms with Gasteiger partial charge in [0.05, 0.1) is 7.11 Å². The lowest BCUT2D eigenvalue weighted by Gasteiger charge is -2.29. The van der Waals surface area contributed by atoms with E-state index in [0.717, 1.165) is 26.9 Å². The van der Waals surface area contributed by atoms with Gasteiger partial charge in [0.1, 0.15) is 11.5 Å². The summed E-state index contributed by atoms with van der Waals surface area (Å²) >= 11 is 3.83. The van der Waals surface area contributed by atoms with E-state index < -0.39 is 0 Å². The molecule has 0 aromatic heterocycles. The minimum Gasteiger partial charge on any atom is -0.507 e. The first-order valence-electron chi connectivity index (χ1n) is 11.4. The summed E-state index contributed by atoms with van der Waals surface area (Å²) < 4.78 is 6.33. The Morgan fingerprint density at radius 1 is 0.818 bits per heavy atom. The van der Waals surface area contributed by atoms with Crippen molar-refractivity contribution in [2.24, 2.45) is 0 Å². The predicted molar refractivity (Wildman–Crippen MR) is 144 cm³/mol. The largest absolute Gasteiger partial charge is 0.507 e. The highest BCUT2D eigenvalue weighted by Crippen LogP contribution is 2.43. The normalized spacial score (nSPS) is 13.6. The molecule has 3 aromatic rings. The summed E-state index contributed by atoms with van der Waals surface area (Å²) in [5.41, 5.74) is 5.03. The molecule has 2 nitrogen and oxygen atoms in total. The number of phenolic OH excluding ortho intramolecular Hbond substituents is 1. The second kappa shape index (κ2) is 9.77. The molecule has 1 atom stereocenters. The zero-order valence-corrected chi connectivity index (χ0v) is 22.3. The van der Waals surface area contributed by atoms with Gasteiger partial charge in [-0.3, -0.25) is 0 Å². The van der Waals surface area contributed by atoms with Crippen LogP contribution in [0.3, 0.4) is 0 Å². The van der Waals surface area contributed by atoms with E-state index >= 15 is 0 Å². The van der Waals surface area contributed by atoms with Crippen molar-refractivity contribution in [3.63, 3.8) is 0 Å². The minimum absolute atomic E-state index is 0.0190. The van der Waals surface area contributed by atoms with Gasteiger partial charge in [-0.05, 0) is 50.8 Å². The minimum atomic E-state index is -0.182. The maximum absolute atomic E-state index is 11.2. The molecule has 0 aliphatic rings. The van der Waals surface area contributed by atoms with Crippen LogP contribution in [0.2, 0.25) is 0 Å². The third-order valence-electron chi connectivity index (χ3n) is 5.94. The molecule has 0 bridgehead atoms. The van der Waals surface area contributed by atoms with E-state index in [2.05, 4.69) is 112 Å². The summed E-state index contributed by atoms with van der Waals surface area (Å²) in [6.45, 7) is 12.9. The first-order valence-corrected chi connectivity index (χ1v) is 12.2. The van der Waals surface area contributed by atoms with E-state index in [1.165, 1.54) is 11.1 Å². The van der Waals surface area contributed by atoms with E-state index in [9.17, 15) is 5.11 Å². The van der Waals surface area contributed by atoms with Crippen LogP contribution >= 0.6 is 15.9 Å². The third kappa shape index (κ3) is 5.89. The maximum atomic E-state index is 11.2. The van der Waals surface area contributed by atoms with Crippen molar-refractivity contribution in [2.75, 3.05) is 7.11 Å². The number of hydrogen-bond acceptors (Lipinski definition) is 2. The highest BCUT2D eigenvalue weighted by molar-refractivity contribution is 9.15. The lowest BCUT2D eigenvalue weighted by atomic mass is 9.76. The second-order valence-corrected chi connectivity index (χ2v) is 11.5. The molecule has 0 radical (unpaired) electrons. The molecular weight excluding hydrogens is 472 g/mol. The number of methoxy groups -OCH3 is 1. The van der Waals surface area contributed by atoms with Gasteiger partial charge in [-0.1, -0.05) is 118 Å². The van der Waals surface area contributed by atoms with Gasteiger partial charge in [0.25, 0.3) is 0 Å². The van der Waals surface area contributed by atoms with Gasteiger partial charge in [0.15, 0.2) is 0 Å². The van der Waals surface area contributed by atoms with E-state index in [0.29, 0.717) is 5.75 Å². The molecule has 3 rings (SSSR count). The maximum Gasteiger partial charge on any atom is 0.123 e. The molecule has 0 saturated heterocycles. The number of rotatable bonds is 5. The van der Waals surface area contributed by atoms with Crippen LogP contribution in [0.25, 0.3) is 4.48 Å². The van der Waals surface area contributed by atoms with Gasteiger partial charge in [0, 0.05) is 10.4 Å². The molecule has 0 heterocycles. The number of allylic oxidation sites excluding steroid dienone is 1. The van der Waals surface area contributed by atoms with Crippen LogP contribution in [-0.2, 0) is 10.8 Å². The zero-order valence-electron chi connectivity index (χ0n) is 20.7. The molecule has 33 heavy (non-hydrogen) atoms. The first kappa shape index (κ1) is 25.1. The number of ether oxygens (including phenoxy) is 1. The summed E-state index contributed by atoms with van der Waals surface area (Å²) in [5.74, 6) is 1.26. The molecular formula is C30H35BrO2. The van der Waals surface area contributed by atoms with Gasteiger partial charge in [-0.15, -0.1) is 0 Å². The van der Waals surface area contributed by atoms with Gasteiger partial charge < -0.3 is 9.84 Å². The van der Waals surface area contributed by atoms with Crippen molar-refractivity contribution < 1.29 is 9.84 Å². The Hall–Kier alpha value is -2.52. The number of phenols is 1. The SMILES string of the molecule is COc1ccc(C(Br)=CC(c2ccccc2)c2cc(C(C)(C)C)c(O)c(C(C)(C)C)c2)cc1. The first-order chi connectivity index (χ1) is 15.4. The predicted octanol–water partition coefficient (Wildman–Crippen LogP) is 8.56. The topological polar surface area (TPSA) is 29.5 Å². The molecule has 0 aliphatic carbocycles. The summed E-state index contributed by atoms with van der Waals surface area (Å²) in [6, 6.07) is 22.9. The quantitative estimate of drug-likeness (QED) is 0.375. The van der Waals surface area contributed by atoms with Crippen molar-refractivity contribution in [1.82, 2.24) is 0 Å². The molecule has 3 aromatic carbocycles. The van der Waals surface area contributed by atoms with Crippen LogP contribution in [0.5, 0.6) is 11.5 Å². The molecule has 1 N–H and O–H groups in total. The zero-order chi connectivity index (χ0) is 24.4. The van der Waals surface area contributed by atoms with Gasteiger partial charge in [-0.25, -0.2) is 0 Å². The van der Waals surface area contributed by atoms with Gasteiger partial charge >= 0.3 is 0 Å². The Morgan fingerprint density at radius 2 is 1.33 bits per heavy atom. The van der Waals surface area contributed by atoms with Crippen molar-refractivity contribution in [2.45, 2.75) is 58.3 Å². The van der Waals surface area contributed by atoms with E-state index in [-0.39, 0.29) is 16.7 Å². The number of aromatic hydroxyl groups is 1. The van der Waals surface area contributed by atoms with Crippen LogP contribution in [0.4, 0.5) is 0 Å². The van der Waals surface area contributed by atoms with E-state index in [1.807, 2.05) is 18.2 Å². The van der Waals surface area contributed by atoms with Crippen molar-refractivity contribution >= 4 is 20.4 Å². The van der Waals surface area contributed by atoms with Crippen molar-refractivity contribution in [3.8, 4) is 11.5 Å². The molecule has 0 fully saturated rings. The molecule has 0 saturated carbocycles. The fourth-order valence-electron chi connectivity index (χ4n) is 4.02. The van der Waals surface area contributed by atoms with E-state index in [4.69, 9.17) is 4.74 Å². The summed E-state index contributed by atoms with van der Waals surface area (Å²) in [7, 11) is 1.68. The average molecular weight is 508 g/mol. The highest BCUT2D eigenvalue weighted by atomic mass is 79.9. The van der Waals surface area contributed by atoms with Gasteiger partial charge in [-0.2, -0.15) is 0 Å². The molecule has 0 amide bonds. The standard InChI is InChI=1S/C30H35BrO2/c1-29(2,3)25-17-22(18-26(28(25)32)30(4,5)6)24(20-11-9-8-10-12-20)19-27(31)21-13-15-23(33-7)16-14-21/h8-19,24,32H,1-7H3. The van der Waals surface area contributed by atoms with E-state index in [1.54, 1.807) is 7.11 Å². The van der Waals surface area contributed by atoms with Crippen molar-refractivity contribution in [3.05, 3.63) is 101 Å². The Balaban J connectivity index is 2.23. The fraction of sp³-hybridized carbons (Fsp3) is 0.333. The lowest BCUT2D eigenvalue weighted by molar-refractivity contribution is 0.415. The number of benzene rings is 3. The van der Waals surface area contributed by atoms with Crippen LogP contribution in [0, 0.1) is 0 Å². The summed E-state index contributed by atoms with van der Waals surface area (Å²) in [4.78, 5) is 0. The van der Waals surface area contributed by atoms with Crippen LogP contribution in [-0.4, -0.2) is 12.2 Å². The summed E-state index contributed by atoms with van der Waals surface area (Å²) in [5, 5.41) is 11.2. The smallest absolute Gasteiger partial charge is 0.123 e. The van der Waals surface area contributed by atoms with Crippen LogP contribution in [0.15, 0.2) is 72.8 Å². The third-order valence-corrected chi connectivity index (χ3v) is 6.67. The Bertz CT molecular complexity index is 1080. The van der Waals surface area contributed by atoms with Crippen molar-refractivity contribution in [1.29, 1.82) is 0 Å². The molecule has 1 unspecified atom stereocenters. The average Bonchev–Trinajstić information content (AvgIpc) is 2.76. The molecule has 0 aliphatic heterocycles. The number of hydrogen-bond donors (Lipinski definition) is 1. The van der Waals surface area contributed by atoms with Gasteiger partial charge in [0.2, 0.25) is 0 Å². The monoisotopic (exact) mass is 506 g/mol.